The van der Waals surface area contributed by atoms with E-state index in [1.807, 2.05) is 6.07 Å². The largest absolute Gasteiger partial charge is 0.458 e. The first-order chi connectivity index (χ1) is 19.3. The van der Waals surface area contributed by atoms with Crippen molar-refractivity contribution in [1.29, 1.82) is 0 Å². The number of benzene rings is 5. The van der Waals surface area contributed by atoms with Crippen LogP contribution in [0, 0.1) is 0 Å². The molecule has 0 N–H and O–H groups in total. The minimum Gasteiger partial charge on any atom is -0.458 e. The zero-order chi connectivity index (χ0) is 25.5. The van der Waals surface area contributed by atoms with Crippen molar-refractivity contribution in [3.63, 3.8) is 0 Å². The summed E-state index contributed by atoms with van der Waals surface area (Å²) in [7, 11) is 0. The highest BCUT2D eigenvalue weighted by Crippen LogP contribution is 2.45. The fourth-order valence-electron chi connectivity index (χ4n) is 6.31. The van der Waals surface area contributed by atoms with E-state index >= 15 is 0 Å². The van der Waals surface area contributed by atoms with Gasteiger partial charge in [0.2, 0.25) is 0 Å². The molecule has 182 valence electrons. The van der Waals surface area contributed by atoms with Gasteiger partial charge in [0, 0.05) is 22.0 Å². The van der Waals surface area contributed by atoms with Gasteiger partial charge in [0.1, 0.15) is 17.2 Å². The van der Waals surface area contributed by atoms with Crippen LogP contribution >= 0.6 is 11.3 Å². The highest BCUT2D eigenvalue weighted by molar-refractivity contribution is 7.25. The molecule has 5 heteroatoms. The van der Waals surface area contributed by atoms with Gasteiger partial charge in [-0.15, -0.1) is 0 Å². The minimum atomic E-state index is 0.00838. The third kappa shape index (κ3) is 2.93. The predicted molar refractivity (Wildman–Crippen MR) is 162 cm³/mol. The van der Waals surface area contributed by atoms with E-state index in [0.717, 1.165) is 44.6 Å². The van der Waals surface area contributed by atoms with E-state index < -0.39 is 0 Å². The Bertz CT molecular complexity index is 2080. The number of aromatic nitrogens is 1. The average Bonchev–Trinajstić information content (AvgIpc) is 3.52. The van der Waals surface area contributed by atoms with Gasteiger partial charge in [-0.25, -0.2) is 0 Å². The summed E-state index contributed by atoms with van der Waals surface area (Å²) in [5, 5.41) is 2.20. The molecule has 2 aliphatic rings. The molecule has 0 aliphatic carbocycles. The van der Waals surface area contributed by atoms with Crippen LogP contribution in [0.25, 0.3) is 37.9 Å². The molecule has 39 heavy (non-hydrogen) atoms. The van der Waals surface area contributed by atoms with E-state index in [2.05, 4.69) is 120 Å². The number of thiophene rings is 1. The molecule has 0 unspecified atom stereocenters. The number of rotatable bonds is 2. The summed E-state index contributed by atoms with van der Waals surface area (Å²) in [6, 6.07) is 42.6. The van der Waals surface area contributed by atoms with Crippen LogP contribution in [-0.4, -0.2) is 11.3 Å². The predicted octanol–water partition coefficient (Wildman–Crippen LogP) is 7.24. The van der Waals surface area contributed by atoms with Gasteiger partial charge in [-0.1, -0.05) is 96.3 Å². The monoisotopic (exact) mass is 517 g/mol. The van der Waals surface area contributed by atoms with Crippen LogP contribution in [-0.2, 0) is 0 Å². The van der Waals surface area contributed by atoms with Crippen molar-refractivity contribution in [2.24, 2.45) is 0 Å². The van der Waals surface area contributed by atoms with Crippen molar-refractivity contribution in [2.75, 3.05) is 0 Å². The first kappa shape index (κ1) is 21.2. The molecule has 0 bridgehead atoms. The number of fused-ring (bicyclic) bond motifs is 8. The molecule has 2 aliphatic heterocycles. The number of hydrogen-bond acceptors (Lipinski definition) is 3. The standard InChI is InChI=1S/C34H20BNO2S/c1-3-11-21(12-4-1)22-19-28-30-29(20-22)38-34-31(35(30)25-16-8-10-18-27(25)37-28)32-33(39-34)24-15-7-9-17-26(24)36(32)23-13-5-2-6-14-23/h1-20H. The van der Waals surface area contributed by atoms with Gasteiger partial charge in [0.05, 0.1) is 15.7 Å². The maximum absolute atomic E-state index is 6.81. The van der Waals surface area contributed by atoms with Crippen molar-refractivity contribution in [3.8, 4) is 39.1 Å². The molecule has 9 rings (SSSR count). The van der Waals surface area contributed by atoms with Crippen LogP contribution < -0.4 is 25.9 Å². The van der Waals surface area contributed by atoms with E-state index in [1.165, 1.54) is 32.0 Å². The Labute approximate surface area is 229 Å². The third-order valence-corrected chi connectivity index (χ3v) is 9.06. The molecule has 0 saturated heterocycles. The average molecular weight is 517 g/mol. The molecule has 0 fully saturated rings. The molecule has 0 saturated carbocycles. The van der Waals surface area contributed by atoms with Gasteiger partial charge >= 0.3 is 0 Å². The Morgan fingerprint density at radius 1 is 0.590 bits per heavy atom. The Kier molecular flexibility index (Phi) is 4.29. The van der Waals surface area contributed by atoms with Crippen molar-refractivity contribution in [1.82, 2.24) is 4.57 Å². The lowest BCUT2D eigenvalue weighted by Crippen LogP contribution is -2.57. The molecule has 2 aromatic heterocycles. The zero-order valence-electron chi connectivity index (χ0n) is 20.8. The first-order valence-corrected chi connectivity index (χ1v) is 14.0. The molecule has 5 aromatic carbocycles. The third-order valence-electron chi connectivity index (χ3n) is 7.95. The minimum absolute atomic E-state index is 0.00838. The van der Waals surface area contributed by atoms with E-state index in [-0.39, 0.29) is 6.71 Å². The fourth-order valence-corrected chi connectivity index (χ4v) is 7.54. The Morgan fingerprint density at radius 2 is 1.28 bits per heavy atom. The number of ether oxygens (including phenoxy) is 2. The summed E-state index contributed by atoms with van der Waals surface area (Å²) in [4.78, 5) is 0. The second kappa shape index (κ2) is 7.89. The van der Waals surface area contributed by atoms with Crippen LogP contribution in [0.2, 0.25) is 0 Å². The fraction of sp³-hybridized carbons (Fsp3) is 0. The SMILES string of the molecule is c1ccc(-c2cc3c4c(c2)Oc2sc5c6ccccc6n(-c6ccccc6)c5c2B4c2ccccc2O3)cc1. The second-order valence-electron chi connectivity index (χ2n) is 10.1. The molecule has 0 atom stereocenters. The van der Waals surface area contributed by atoms with E-state index in [1.54, 1.807) is 11.3 Å². The summed E-state index contributed by atoms with van der Waals surface area (Å²) in [6.45, 7) is 0.00838. The molecular formula is C34H20BNO2S. The Hall–Kier alpha value is -4.74. The van der Waals surface area contributed by atoms with E-state index in [9.17, 15) is 0 Å². The molecular weight excluding hydrogens is 497 g/mol. The molecule has 3 nitrogen and oxygen atoms in total. The summed E-state index contributed by atoms with van der Waals surface area (Å²) in [5.74, 6) is 2.64. The lowest BCUT2D eigenvalue weighted by Gasteiger charge is -2.32. The van der Waals surface area contributed by atoms with Gasteiger partial charge in [-0.3, -0.25) is 0 Å². The lowest BCUT2D eigenvalue weighted by molar-refractivity contribution is 0.470. The van der Waals surface area contributed by atoms with Crippen molar-refractivity contribution in [2.45, 2.75) is 0 Å². The summed E-state index contributed by atoms with van der Waals surface area (Å²) < 4.78 is 17.0. The zero-order valence-corrected chi connectivity index (χ0v) is 21.6. The normalized spacial score (nSPS) is 13.0. The highest BCUT2D eigenvalue weighted by Gasteiger charge is 2.43. The highest BCUT2D eigenvalue weighted by atomic mass is 32.1. The summed E-state index contributed by atoms with van der Waals surface area (Å²) >= 11 is 1.75. The Balaban J connectivity index is 1.39. The topological polar surface area (TPSA) is 23.4 Å². The van der Waals surface area contributed by atoms with Gasteiger partial charge < -0.3 is 14.0 Å². The lowest BCUT2D eigenvalue weighted by atomic mass is 9.35. The number of para-hydroxylation sites is 3. The summed E-state index contributed by atoms with van der Waals surface area (Å²) in [6.07, 6.45) is 0. The van der Waals surface area contributed by atoms with Crippen LogP contribution in [0.4, 0.5) is 0 Å². The summed E-state index contributed by atoms with van der Waals surface area (Å²) in [5.41, 5.74) is 9.29. The first-order valence-electron chi connectivity index (χ1n) is 13.1. The van der Waals surface area contributed by atoms with Crippen LogP contribution in [0.1, 0.15) is 0 Å². The Morgan fingerprint density at radius 3 is 2.13 bits per heavy atom. The molecule has 4 heterocycles. The number of hydrogen-bond donors (Lipinski definition) is 0. The quantitative estimate of drug-likeness (QED) is 0.226. The van der Waals surface area contributed by atoms with E-state index in [0.29, 0.717) is 0 Å². The number of nitrogens with zero attached hydrogens (tertiary/aromatic N) is 1. The maximum atomic E-state index is 6.81. The molecule has 7 aromatic rings. The van der Waals surface area contributed by atoms with Gasteiger partial charge in [-0.05, 0) is 53.0 Å². The maximum Gasteiger partial charge on any atom is 0.264 e. The van der Waals surface area contributed by atoms with Crippen LogP contribution in [0.15, 0.2) is 121 Å². The molecule has 0 radical (unpaired) electrons. The van der Waals surface area contributed by atoms with E-state index in [4.69, 9.17) is 9.47 Å². The van der Waals surface area contributed by atoms with Crippen molar-refractivity contribution in [3.05, 3.63) is 121 Å². The molecule has 0 amide bonds. The van der Waals surface area contributed by atoms with Gasteiger partial charge in [0.25, 0.3) is 6.71 Å². The smallest absolute Gasteiger partial charge is 0.264 e. The molecule has 0 spiro atoms. The van der Waals surface area contributed by atoms with Gasteiger partial charge in [0.15, 0.2) is 5.06 Å². The van der Waals surface area contributed by atoms with Crippen LogP contribution in [0.3, 0.4) is 0 Å². The van der Waals surface area contributed by atoms with Gasteiger partial charge in [-0.2, -0.15) is 0 Å². The second-order valence-corrected chi connectivity index (χ2v) is 11.1. The van der Waals surface area contributed by atoms with Crippen molar-refractivity contribution < 1.29 is 9.47 Å². The van der Waals surface area contributed by atoms with Crippen molar-refractivity contribution >= 4 is 55.6 Å². The van der Waals surface area contributed by atoms with Crippen LogP contribution in [0.5, 0.6) is 22.3 Å².